The maximum absolute atomic E-state index is 12.4. The molecule has 0 radical (unpaired) electrons. The average Bonchev–Trinajstić information content (AvgIpc) is 2.78. The van der Waals surface area contributed by atoms with E-state index in [2.05, 4.69) is 15.9 Å². The Morgan fingerprint density at radius 3 is 2.00 bits per heavy atom. The molecule has 1 heterocycles. The molecule has 0 saturated carbocycles. The molecule has 2 aromatic carbocycles. The topological polar surface area (TPSA) is 74.7 Å². The lowest BCUT2D eigenvalue weighted by Crippen LogP contribution is -2.36. The molecule has 0 bridgehead atoms. The second-order valence-corrected chi connectivity index (χ2v) is 6.12. The van der Waals surface area contributed by atoms with E-state index in [0.717, 1.165) is 9.37 Å². The van der Waals surface area contributed by atoms with Crippen LogP contribution in [0.1, 0.15) is 32.2 Å². The Morgan fingerprint density at radius 1 is 1.00 bits per heavy atom. The second-order valence-electron chi connectivity index (χ2n) is 5.21. The summed E-state index contributed by atoms with van der Waals surface area (Å²) in [6.07, 6.45) is 0. The molecule has 3 rings (SSSR count). The zero-order chi connectivity index (χ0) is 16.6. The largest absolute Gasteiger partial charge is 0.481 e. The Labute approximate surface area is 140 Å². The van der Waals surface area contributed by atoms with Gasteiger partial charge in [0.25, 0.3) is 11.8 Å². The highest BCUT2D eigenvalue weighted by Crippen LogP contribution is 2.27. The van der Waals surface area contributed by atoms with Gasteiger partial charge in [-0.3, -0.25) is 19.3 Å². The van der Waals surface area contributed by atoms with E-state index < -0.39 is 23.7 Å². The summed E-state index contributed by atoms with van der Waals surface area (Å²) in [5.74, 6) is -2.95. The van der Waals surface area contributed by atoms with Gasteiger partial charge in [0, 0.05) is 11.0 Å². The monoisotopic (exact) mass is 373 g/mol. The van der Waals surface area contributed by atoms with Crippen molar-refractivity contribution < 1.29 is 19.5 Å². The fourth-order valence-corrected chi connectivity index (χ4v) is 2.87. The van der Waals surface area contributed by atoms with Gasteiger partial charge in [-0.2, -0.15) is 0 Å². The Hall–Kier alpha value is -2.47. The van der Waals surface area contributed by atoms with E-state index in [-0.39, 0.29) is 6.54 Å². The number of nitrogens with zero attached hydrogens (tertiary/aromatic N) is 1. The number of hydrogen-bond donors (Lipinski definition) is 1. The van der Waals surface area contributed by atoms with Crippen LogP contribution >= 0.6 is 15.9 Å². The number of imide groups is 1. The predicted octanol–water partition coefficient (Wildman–Crippen LogP) is 2.91. The van der Waals surface area contributed by atoms with Crippen LogP contribution in [0.15, 0.2) is 53.0 Å². The minimum atomic E-state index is -1.08. The van der Waals surface area contributed by atoms with Gasteiger partial charge in [-0.25, -0.2) is 0 Å². The molecule has 0 aliphatic carbocycles. The Bertz CT molecular complexity index is 765. The zero-order valence-corrected chi connectivity index (χ0v) is 13.5. The molecule has 1 atom stereocenters. The number of carboxylic acids is 1. The summed E-state index contributed by atoms with van der Waals surface area (Å²) in [4.78, 5) is 37.3. The Kier molecular flexibility index (Phi) is 4.00. The SMILES string of the molecule is O=C(O)C(CN1C(=O)c2ccccc2C1=O)c1ccc(Br)cc1. The third kappa shape index (κ3) is 2.77. The summed E-state index contributed by atoms with van der Waals surface area (Å²) < 4.78 is 0.825. The number of rotatable bonds is 4. The number of hydrogen-bond acceptors (Lipinski definition) is 3. The molecule has 116 valence electrons. The number of carboxylic acid groups (broad SMARTS) is 1. The van der Waals surface area contributed by atoms with Gasteiger partial charge in [0.2, 0.25) is 0 Å². The van der Waals surface area contributed by atoms with Gasteiger partial charge in [0.1, 0.15) is 0 Å². The van der Waals surface area contributed by atoms with E-state index in [1.54, 1.807) is 48.5 Å². The first-order valence-corrected chi connectivity index (χ1v) is 7.72. The van der Waals surface area contributed by atoms with Crippen LogP contribution in [0, 0.1) is 0 Å². The lowest BCUT2D eigenvalue weighted by Gasteiger charge is -2.20. The van der Waals surface area contributed by atoms with E-state index in [1.807, 2.05) is 0 Å². The van der Waals surface area contributed by atoms with Crippen LogP contribution < -0.4 is 0 Å². The van der Waals surface area contributed by atoms with Crippen molar-refractivity contribution in [3.8, 4) is 0 Å². The number of amides is 2. The van der Waals surface area contributed by atoms with Gasteiger partial charge in [-0.05, 0) is 29.8 Å². The van der Waals surface area contributed by atoms with Gasteiger partial charge in [0.15, 0.2) is 0 Å². The zero-order valence-electron chi connectivity index (χ0n) is 11.9. The third-order valence-electron chi connectivity index (χ3n) is 3.81. The lowest BCUT2D eigenvalue weighted by molar-refractivity contribution is -0.138. The van der Waals surface area contributed by atoms with Crippen LogP contribution in [0.25, 0.3) is 0 Å². The number of benzene rings is 2. The number of carbonyl (C=O) groups is 3. The van der Waals surface area contributed by atoms with Crippen molar-refractivity contribution in [3.05, 3.63) is 69.7 Å². The van der Waals surface area contributed by atoms with Crippen molar-refractivity contribution >= 4 is 33.7 Å². The standard InChI is InChI=1S/C17H12BrNO4/c18-11-7-5-10(6-8-11)14(17(22)23)9-19-15(20)12-3-1-2-4-13(12)16(19)21/h1-8,14H,9H2,(H,22,23). The van der Waals surface area contributed by atoms with Crippen molar-refractivity contribution in [2.45, 2.75) is 5.92 Å². The average molecular weight is 374 g/mol. The summed E-state index contributed by atoms with van der Waals surface area (Å²) in [5, 5.41) is 9.48. The summed E-state index contributed by atoms with van der Waals surface area (Å²) in [6, 6.07) is 13.3. The minimum absolute atomic E-state index is 0.191. The van der Waals surface area contributed by atoms with Crippen molar-refractivity contribution in [2.24, 2.45) is 0 Å². The number of aliphatic carboxylic acids is 1. The van der Waals surface area contributed by atoms with E-state index in [1.165, 1.54) is 0 Å². The van der Waals surface area contributed by atoms with E-state index in [0.29, 0.717) is 16.7 Å². The fourth-order valence-electron chi connectivity index (χ4n) is 2.61. The van der Waals surface area contributed by atoms with Gasteiger partial charge >= 0.3 is 5.97 Å². The molecular weight excluding hydrogens is 362 g/mol. The molecule has 1 N–H and O–H groups in total. The van der Waals surface area contributed by atoms with Crippen molar-refractivity contribution in [1.29, 1.82) is 0 Å². The molecule has 2 amide bonds. The van der Waals surface area contributed by atoms with Crippen LogP contribution in [-0.2, 0) is 4.79 Å². The van der Waals surface area contributed by atoms with Crippen molar-refractivity contribution in [1.82, 2.24) is 4.90 Å². The maximum atomic E-state index is 12.4. The normalized spacial score (nSPS) is 14.7. The number of halogens is 1. The highest BCUT2D eigenvalue weighted by atomic mass is 79.9. The van der Waals surface area contributed by atoms with Gasteiger partial charge in [0.05, 0.1) is 17.0 Å². The Morgan fingerprint density at radius 2 is 1.52 bits per heavy atom. The quantitative estimate of drug-likeness (QED) is 0.836. The van der Waals surface area contributed by atoms with E-state index in [4.69, 9.17) is 0 Å². The molecule has 23 heavy (non-hydrogen) atoms. The first kappa shape index (κ1) is 15.4. The van der Waals surface area contributed by atoms with Crippen LogP contribution in [0.3, 0.4) is 0 Å². The van der Waals surface area contributed by atoms with Gasteiger partial charge in [-0.15, -0.1) is 0 Å². The van der Waals surface area contributed by atoms with Crippen LogP contribution in [0.5, 0.6) is 0 Å². The fraction of sp³-hybridized carbons (Fsp3) is 0.118. The second kappa shape index (κ2) is 5.96. The molecule has 5 nitrogen and oxygen atoms in total. The summed E-state index contributed by atoms with van der Waals surface area (Å²) >= 11 is 3.29. The maximum Gasteiger partial charge on any atom is 0.312 e. The molecule has 0 spiro atoms. The highest BCUT2D eigenvalue weighted by molar-refractivity contribution is 9.10. The summed E-state index contributed by atoms with van der Waals surface area (Å²) in [7, 11) is 0. The molecule has 0 saturated heterocycles. The van der Waals surface area contributed by atoms with E-state index in [9.17, 15) is 19.5 Å². The lowest BCUT2D eigenvalue weighted by atomic mass is 9.99. The van der Waals surface area contributed by atoms with E-state index >= 15 is 0 Å². The summed E-state index contributed by atoms with van der Waals surface area (Å²) in [5.41, 5.74) is 1.17. The van der Waals surface area contributed by atoms with Crippen molar-refractivity contribution in [3.63, 3.8) is 0 Å². The van der Waals surface area contributed by atoms with Crippen LogP contribution in [0.4, 0.5) is 0 Å². The number of carbonyl (C=O) groups excluding carboxylic acids is 2. The molecule has 1 aliphatic heterocycles. The Balaban J connectivity index is 1.90. The van der Waals surface area contributed by atoms with Crippen LogP contribution in [-0.4, -0.2) is 34.3 Å². The predicted molar refractivity (Wildman–Crippen MR) is 86.3 cm³/mol. The summed E-state index contributed by atoms with van der Waals surface area (Å²) in [6.45, 7) is -0.191. The van der Waals surface area contributed by atoms with Gasteiger partial charge in [-0.1, -0.05) is 40.2 Å². The first-order chi connectivity index (χ1) is 11.0. The number of fused-ring (bicyclic) bond motifs is 1. The molecule has 0 aromatic heterocycles. The third-order valence-corrected chi connectivity index (χ3v) is 4.34. The molecule has 0 fully saturated rings. The van der Waals surface area contributed by atoms with Crippen LogP contribution in [0.2, 0.25) is 0 Å². The first-order valence-electron chi connectivity index (χ1n) is 6.92. The molecule has 1 unspecified atom stereocenters. The van der Waals surface area contributed by atoms with Gasteiger partial charge < -0.3 is 5.11 Å². The molecule has 6 heteroatoms. The molecular formula is C17H12BrNO4. The molecule has 1 aliphatic rings. The molecule has 2 aromatic rings. The smallest absolute Gasteiger partial charge is 0.312 e. The minimum Gasteiger partial charge on any atom is -0.481 e. The highest BCUT2D eigenvalue weighted by Gasteiger charge is 2.38. The van der Waals surface area contributed by atoms with Crippen molar-refractivity contribution in [2.75, 3.05) is 6.54 Å².